The number of halogens is 2. The maximum absolute atomic E-state index is 12.6. The van der Waals surface area contributed by atoms with E-state index in [0.29, 0.717) is 130 Å². The zero-order chi connectivity index (χ0) is 56.2. The molecule has 24 nitrogen and oxygen atoms in total. The number of alkyl halides is 1. The van der Waals surface area contributed by atoms with Crippen molar-refractivity contribution < 1.29 is 125 Å². The summed E-state index contributed by atoms with van der Waals surface area (Å²) in [5.41, 5.74) is 0. The summed E-state index contributed by atoms with van der Waals surface area (Å²) in [5.74, 6) is 1.22. The second-order valence-electron chi connectivity index (χ2n) is 12.5. The molecule has 0 saturated carbocycles. The first-order chi connectivity index (χ1) is 33.3. The van der Waals surface area contributed by atoms with Gasteiger partial charge in [0.15, 0.2) is 0 Å². The van der Waals surface area contributed by atoms with E-state index in [-0.39, 0.29) is 31.2 Å². The van der Waals surface area contributed by atoms with Crippen LogP contribution in [0.1, 0.15) is 90.0 Å². The van der Waals surface area contributed by atoms with E-state index in [4.69, 9.17) is 78.6 Å². The molecule has 0 aliphatic heterocycles. The van der Waals surface area contributed by atoms with E-state index in [1.54, 1.807) is 61.5 Å². The van der Waals surface area contributed by atoms with Gasteiger partial charge in [0, 0.05) is 64.0 Å². The number of hydrogen-bond donors (Lipinski definition) is 1. The van der Waals surface area contributed by atoms with Crippen LogP contribution in [0.25, 0.3) is 0 Å². The summed E-state index contributed by atoms with van der Waals surface area (Å²) >= 11 is 3.19. The first-order valence-corrected chi connectivity index (χ1v) is 34.3. The molecule has 432 valence electrons. The molecule has 0 aromatic rings. The van der Waals surface area contributed by atoms with Crippen LogP contribution in [-0.2, 0) is 77.5 Å². The summed E-state index contributed by atoms with van der Waals surface area (Å²) in [7, 11) is -19.8. The van der Waals surface area contributed by atoms with Crippen molar-refractivity contribution in [1.29, 1.82) is 5.26 Å². The molecule has 0 atom stereocenters. The summed E-state index contributed by atoms with van der Waals surface area (Å²) < 4.78 is 156. The van der Waals surface area contributed by atoms with Gasteiger partial charge in [-0.05, 0) is 83.1 Å². The summed E-state index contributed by atoms with van der Waals surface area (Å²) in [6, 6.07) is 1.75. The third-order valence-electron chi connectivity index (χ3n) is 7.13. The van der Waals surface area contributed by atoms with Gasteiger partial charge < -0.3 is 60.0 Å². The fraction of sp³-hybridized carbons (Fsp3) is 0.925. The Kier molecular flexibility index (Phi) is 70.2. The predicted molar refractivity (Wildman–Crippen MR) is 271 cm³/mol. The van der Waals surface area contributed by atoms with Gasteiger partial charge in [0.2, 0.25) is 0 Å². The van der Waals surface area contributed by atoms with Crippen LogP contribution in [0.4, 0.5) is 0 Å². The molecule has 0 amide bonds. The van der Waals surface area contributed by atoms with Gasteiger partial charge in [-0.1, -0.05) is 22.5 Å². The van der Waals surface area contributed by atoms with Gasteiger partial charge in [-0.2, -0.15) is 5.26 Å². The molecule has 0 aromatic carbocycles. The second kappa shape index (κ2) is 58.2. The summed E-state index contributed by atoms with van der Waals surface area (Å²) in [4.78, 5) is 2.03. The van der Waals surface area contributed by atoms with Crippen LogP contribution in [0.2, 0.25) is 0 Å². The summed E-state index contributed by atoms with van der Waals surface area (Å²) in [5, 5.41) is 11.1. The van der Waals surface area contributed by atoms with Crippen LogP contribution < -0.4 is 42.8 Å². The number of nitrogens with one attached hydrogen (secondary N) is 1. The van der Waals surface area contributed by atoms with E-state index < -0.39 is 48.2 Å². The molecule has 72 heavy (non-hydrogen) atoms. The molecule has 0 aliphatic rings. The van der Waals surface area contributed by atoms with E-state index in [2.05, 4.69) is 27.8 Å². The average molecular weight is 1230 g/mol. The first kappa shape index (κ1) is 86.9. The van der Waals surface area contributed by atoms with Crippen LogP contribution >= 0.6 is 53.9 Å². The van der Waals surface area contributed by atoms with Gasteiger partial charge in [-0.3, -0.25) is 27.7 Å². The fourth-order valence-corrected chi connectivity index (χ4v) is 13.2. The minimum absolute atomic E-state index is 0. The van der Waals surface area contributed by atoms with Gasteiger partial charge in [0.25, 0.3) is 0 Å². The Bertz CT molecular complexity index is 1380. The van der Waals surface area contributed by atoms with Gasteiger partial charge >= 0.3 is 56.8 Å². The molecular weight excluding hydrogens is 1140 g/mol. The van der Waals surface area contributed by atoms with E-state index in [9.17, 15) is 22.8 Å². The normalized spacial score (nSPS) is 11.6. The maximum Gasteiger partial charge on any atom is 1.00 e. The molecule has 0 aromatic heterocycles. The smallest absolute Gasteiger partial charge is 0.380 e. The van der Waals surface area contributed by atoms with Crippen molar-refractivity contribution in [1.82, 2.24) is 10.2 Å². The summed E-state index contributed by atoms with van der Waals surface area (Å²) in [6.07, 6.45) is 1.39. The molecule has 0 bridgehead atoms. The van der Waals surface area contributed by atoms with Crippen molar-refractivity contribution in [3.63, 3.8) is 0 Å². The van der Waals surface area contributed by atoms with Crippen LogP contribution in [0.5, 0.6) is 0 Å². The van der Waals surface area contributed by atoms with E-state index >= 15 is 0 Å². The maximum atomic E-state index is 12.6. The zero-order valence-electron chi connectivity index (χ0n) is 45.7. The van der Waals surface area contributed by atoms with Crippen LogP contribution in [0.15, 0.2) is 12.4 Å². The standard InChI is InChI=1S/C16H37NO7P2.C10H24NO4P.C6H14BrO3P.C6H13O3P.C2H3N.ClHO4.Li/c1-6-20-14-11-17(12-15-25(18,21-7-2)22-8-3)13-16-26(19,23-9-4)24-10-5;1-4-13-9-7-11-8-10-16(12,14-5-2)15-6-3;1-3-9-11(8,6-5-7)10-4-2;1-4-8-10(7,6-3)9-5-2;1-2-3;2-1(3,4)5;/h6-16H2,1-5H3;11H,4-10H2,1-3H3;3-6H2,1-2H3;6H,3-5H2,1-2H3;1H3;(H,2,3,4,5);/q;;;;;;+1/p-1. The van der Waals surface area contributed by atoms with Crippen LogP contribution in [0, 0.1) is 21.6 Å². The molecule has 0 unspecified atom stereocenters. The second-order valence-corrected chi connectivity index (χ2v) is 24.8. The third kappa shape index (κ3) is 63.6. The Labute approximate surface area is 455 Å². The Balaban J connectivity index is -0.000000157. The van der Waals surface area contributed by atoms with Crippen LogP contribution in [0.3, 0.4) is 0 Å². The zero-order valence-corrected chi connectivity index (χ0v) is 52.5. The SMILES string of the molecule is C=CP(=O)(OCC)OCC.CC#N.CCOCCN(CCP(=O)(OCC)OCC)CCP(=O)(OCC)OCC.CCOCCNCCP(=O)(OCC)OCC.CCOP(=O)(CCBr)OCC.[Li+].[O-][Cl+3]([O-])([O-])[O-]. The number of hydrogen-bond acceptors (Lipinski definition) is 24. The molecule has 0 fully saturated rings. The molecule has 0 heterocycles. The van der Waals surface area contributed by atoms with E-state index in [0.717, 1.165) is 13.2 Å². The molecule has 1 N–H and O–H groups in total. The van der Waals surface area contributed by atoms with Gasteiger partial charge in [0.1, 0.15) is 0 Å². The Hall–Kier alpha value is 1.03. The third-order valence-corrected chi connectivity index (χ3v) is 18.1. The topological polar surface area (TPSA) is 327 Å². The molecule has 0 rings (SSSR count). The minimum atomic E-state index is -4.94. The Morgan fingerprint density at radius 3 is 1.06 bits per heavy atom. The molecular formula is C40H91BrClLiN3O21P5. The van der Waals surface area contributed by atoms with Crippen molar-refractivity contribution in [2.75, 3.05) is 155 Å². The molecule has 0 aliphatic carbocycles. The first-order valence-electron chi connectivity index (χ1n) is 23.5. The molecule has 0 spiro atoms. The quantitative estimate of drug-likeness (QED) is 0.0397. The van der Waals surface area contributed by atoms with E-state index in [1.165, 1.54) is 12.7 Å². The Morgan fingerprint density at radius 2 is 0.792 bits per heavy atom. The van der Waals surface area contributed by atoms with Crippen molar-refractivity contribution in [3.05, 3.63) is 12.4 Å². The number of rotatable bonds is 40. The van der Waals surface area contributed by atoms with Crippen molar-refractivity contribution in [2.24, 2.45) is 0 Å². The number of nitrogens with zero attached hydrogens (tertiary/aromatic N) is 2. The fourth-order valence-electron chi connectivity index (χ4n) is 4.68. The largest absolute Gasteiger partial charge is 1.00 e. The number of nitriles is 1. The molecule has 32 heteroatoms. The van der Waals surface area contributed by atoms with Gasteiger partial charge in [-0.15, -0.1) is 10.2 Å². The molecule has 0 saturated heterocycles. The summed E-state index contributed by atoms with van der Waals surface area (Å²) in [6.45, 7) is 35.9. The average Bonchev–Trinajstić information content (AvgIpc) is 3.27. The molecule has 0 radical (unpaired) electrons. The van der Waals surface area contributed by atoms with Crippen LogP contribution in [-0.4, -0.2) is 160 Å². The Morgan fingerprint density at radius 1 is 0.514 bits per heavy atom. The van der Waals surface area contributed by atoms with Gasteiger partial charge in [-0.25, -0.2) is 18.6 Å². The van der Waals surface area contributed by atoms with Crippen molar-refractivity contribution in [2.45, 2.75) is 90.0 Å². The predicted octanol–water partition coefficient (Wildman–Crippen LogP) is 3.56. The van der Waals surface area contributed by atoms with Crippen molar-refractivity contribution >= 4 is 53.9 Å². The minimum Gasteiger partial charge on any atom is -0.380 e. The van der Waals surface area contributed by atoms with Crippen molar-refractivity contribution in [3.8, 4) is 6.07 Å². The van der Waals surface area contributed by atoms with E-state index in [1.807, 2.05) is 32.6 Å². The number of ether oxygens (including phenoxy) is 2. The van der Waals surface area contributed by atoms with Gasteiger partial charge in [0.05, 0.1) is 110 Å². The monoisotopic (exact) mass is 1230 g/mol.